The van der Waals surface area contributed by atoms with Crippen molar-refractivity contribution in [3.8, 4) is 23.8 Å². The van der Waals surface area contributed by atoms with E-state index in [1.54, 1.807) is 6.92 Å². The van der Waals surface area contributed by atoms with Crippen LogP contribution in [0.15, 0.2) is 46.6 Å². The Kier molecular flexibility index (Phi) is 13.0. The quantitative estimate of drug-likeness (QED) is 0.0978. The average Bonchev–Trinajstić information content (AvgIpc) is 3.55. The number of carbonyl (C=O) groups excluding carboxylic acids is 5. The van der Waals surface area contributed by atoms with Crippen molar-refractivity contribution in [1.29, 1.82) is 0 Å². The molecule has 0 bridgehead atoms. The Bertz CT molecular complexity index is 1900. The normalized spacial score (nSPS) is 17.3. The molecule has 0 aromatic heterocycles. The molecule has 0 saturated heterocycles. The molecule has 0 saturated carbocycles. The molecule has 2 aromatic carbocycles. The number of imide groups is 2. The highest BCUT2D eigenvalue weighted by Gasteiger charge is 2.42. The van der Waals surface area contributed by atoms with E-state index in [1.165, 1.54) is 12.1 Å². The summed E-state index contributed by atoms with van der Waals surface area (Å²) in [4.78, 5) is 63.9. The Morgan fingerprint density at radius 1 is 0.774 bits per heavy atom. The number of hydrogen-bond acceptors (Lipinski definition) is 8. The van der Waals surface area contributed by atoms with Gasteiger partial charge in [0.2, 0.25) is 0 Å². The lowest BCUT2D eigenvalue weighted by Gasteiger charge is -2.19. The number of nitrogens with zero attached hydrogens (tertiary/aromatic N) is 2. The van der Waals surface area contributed by atoms with E-state index >= 15 is 0 Å². The molecule has 10 nitrogen and oxygen atoms in total. The second-order valence-electron chi connectivity index (χ2n) is 12.8. The van der Waals surface area contributed by atoms with Gasteiger partial charge in [0.15, 0.2) is 12.7 Å². The van der Waals surface area contributed by atoms with Crippen LogP contribution in [0.1, 0.15) is 84.5 Å². The minimum absolute atomic E-state index is 0.000883. The van der Waals surface area contributed by atoms with Crippen LogP contribution in [0, 0.1) is 24.0 Å². The molecule has 53 heavy (non-hydrogen) atoms. The van der Waals surface area contributed by atoms with Crippen LogP contribution in [0.25, 0.3) is 0 Å². The van der Waals surface area contributed by atoms with Crippen LogP contribution in [-0.2, 0) is 28.7 Å². The van der Waals surface area contributed by atoms with Gasteiger partial charge < -0.3 is 14.2 Å². The van der Waals surface area contributed by atoms with Crippen LogP contribution in [0.5, 0.6) is 11.5 Å². The van der Waals surface area contributed by atoms with Gasteiger partial charge in [-0.05, 0) is 76.8 Å². The summed E-state index contributed by atoms with van der Waals surface area (Å²) in [6, 6.07) is 4.42. The van der Waals surface area contributed by atoms with Gasteiger partial charge in [0.25, 0.3) is 23.6 Å². The Balaban J connectivity index is 0.000000208. The Hall–Kier alpha value is -4.73. The second kappa shape index (κ2) is 17.4. The minimum atomic E-state index is -0.814. The summed E-state index contributed by atoms with van der Waals surface area (Å²) in [6.07, 6.45) is 12.9. The van der Waals surface area contributed by atoms with Crippen LogP contribution in [0.2, 0.25) is 10.0 Å². The van der Waals surface area contributed by atoms with Crippen LogP contribution in [0.4, 0.5) is 20.2 Å². The van der Waals surface area contributed by atoms with Crippen molar-refractivity contribution >= 4 is 64.2 Å². The fourth-order valence-corrected chi connectivity index (χ4v) is 6.84. The van der Waals surface area contributed by atoms with Gasteiger partial charge in [-0.2, -0.15) is 0 Å². The van der Waals surface area contributed by atoms with E-state index in [0.717, 1.165) is 66.9 Å². The minimum Gasteiger partial charge on any atom is -0.480 e. The number of esters is 1. The number of terminal acetylenes is 1. The third-order valence-electron chi connectivity index (χ3n) is 9.16. The lowest BCUT2D eigenvalue weighted by molar-refractivity contribution is -0.146. The van der Waals surface area contributed by atoms with E-state index < -0.39 is 53.9 Å². The van der Waals surface area contributed by atoms with Gasteiger partial charge in [-0.1, -0.05) is 48.9 Å². The summed E-state index contributed by atoms with van der Waals surface area (Å²) in [5, 5.41) is -0.0444. The first-order valence-corrected chi connectivity index (χ1v) is 18.2. The molecule has 14 heteroatoms. The molecule has 4 amide bonds. The predicted octanol–water partition coefficient (Wildman–Crippen LogP) is 7.96. The average molecular weight is 772 g/mol. The van der Waals surface area contributed by atoms with Crippen LogP contribution < -0.4 is 19.3 Å². The van der Waals surface area contributed by atoms with E-state index in [1.807, 2.05) is 6.92 Å². The van der Waals surface area contributed by atoms with Crippen LogP contribution in [-0.4, -0.2) is 48.9 Å². The van der Waals surface area contributed by atoms with Crippen molar-refractivity contribution in [3.05, 3.63) is 68.2 Å². The zero-order chi connectivity index (χ0) is 38.4. The van der Waals surface area contributed by atoms with Crippen LogP contribution in [0.3, 0.4) is 0 Å². The van der Waals surface area contributed by atoms with Crippen molar-refractivity contribution in [2.24, 2.45) is 0 Å². The largest absolute Gasteiger partial charge is 0.480 e. The molecule has 0 fully saturated rings. The molecule has 4 aliphatic rings. The zero-order valence-electron chi connectivity index (χ0n) is 29.3. The van der Waals surface area contributed by atoms with Gasteiger partial charge in [-0.25, -0.2) is 23.4 Å². The molecule has 2 heterocycles. The highest BCUT2D eigenvalue weighted by atomic mass is 35.5. The van der Waals surface area contributed by atoms with E-state index in [0.29, 0.717) is 54.6 Å². The number of benzene rings is 2. The maximum absolute atomic E-state index is 14.5. The molecule has 2 aliphatic carbocycles. The number of rotatable bonds is 11. The zero-order valence-corrected chi connectivity index (χ0v) is 30.8. The van der Waals surface area contributed by atoms with Gasteiger partial charge in [-0.3, -0.25) is 19.2 Å². The third-order valence-corrected chi connectivity index (χ3v) is 9.75. The fourth-order valence-electron chi connectivity index (χ4n) is 6.44. The Labute approximate surface area is 316 Å². The summed E-state index contributed by atoms with van der Waals surface area (Å²) < 4.78 is 44.8. The first-order valence-electron chi connectivity index (χ1n) is 17.5. The molecular formula is C39H38Cl2F2N2O8. The molecular weight excluding hydrogens is 733 g/mol. The smallest absolute Gasteiger partial charge is 0.344 e. The van der Waals surface area contributed by atoms with Gasteiger partial charge in [-0.15, -0.1) is 6.42 Å². The van der Waals surface area contributed by atoms with Gasteiger partial charge in [0.05, 0.1) is 28.0 Å². The summed E-state index contributed by atoms with van der Waals surface area (Å²) in [7, 11) is 0. The monoisotopic (exact) mass is 770 g/mol. The first-order chi connectivity index (χ1) is 25.4. The number of amides is 4. The maximum Gasteiger partial charge on any atom is 0.344 e. The number of ether oxygens (including phenoxy) is 3. The van der Waals surface area contributed by atoms with Gasteiger partial charge >= 0.3 is 5.97 Å². The number of halogens is 4. The summed E-state index contributed by atoms with van der Waals surface area (Å²) in [5.74, 6) is -1.60. The van der Waals surface area contributed by atoms with E-state index in [9.17, 15) is 32.8 Å². The summed E-state index contributed by atoms with van der Waals surface area (Å²) in [6.45, 7) is 3.56. The number of carbonyl (C=O) groups is 5. The van der Waals surface area contributed by atoms with Gasteiger partial charge in [0.1, 0.15) is 23.1 Å². The van der Waals surface area contributed by atoms with Crippen LogP contribution >= 0.6 is 23.2 Å². The molecule has 0 N–H and O–H groups in total. The Morgan fingerprint density at radius 3 is 1.64 bits per heavy atom. The van der Waals surface area contributed by atoms with E-state index in [4.69, 9.17) is 43.8 Å². The van der Waals surface area contributed by atoms with E-state index in [-0.39, 0.29) is 32.9 Å². The number of anilines is 2. The topological polar surface area (TPSA) is 120 Å². The van der Waals surface area contributed by atoms with Crippen molar-refractivity contribution in [2.45, 2.75) is 90.6 Å². The highest BCUT2D eigenvalue weighted by molar-refractivity contribution is 6.35. The molecule has 2 aliphatic heterocycles. The highest BCUT2D eigenvalue weighted by Crippen LogP contribution is 2.41. The molecule has 1 atom stereocenters. The summed E-state index contributed by atoms with van der Waals surface area (Å²) >= 11 is 12.0. The van der Waals surface area contributed by atoms with Crippen molar-refractivity contribution < 1.29 is 47.0 Å². The SMILES string of the molecule is C#CC(C)Oc1cc(N2C(=O)C3=C(CCCC3)C2=O)c(F)cc1Cl.CCCCCOC(=O)COc1cc(N2C(=O)C3=C(CCCC3)C2=O)c(F)cc1Cl. The molecule has 1 unspecified atom stereocenters. The van der Waals surface area contributed by atoms with Gasteiger partial charge in [0, 0.05) is 34.4 Å². The van der Waals surface area contributed by atoms with Crippen molar-refractivity contribution in [3.63, 3.8) is 0 Å². The predicted molar refractivity (Wildman–Crippen MR) is 194 cm³/mol. The second-order valence-corrected chi connectivity index (χ2v) is 13.6. The lowest BCUT2D eigenvalue weighted by Crippen LogP contribution is -2.32. The number of hydrogen-bond donors (Lipinski definition) is 0. The number of unbranched alkanes of at least 4 members (excludes halogenated alkanes) is 2. The van der Waals surface area contributed by atoms with Crippen molar-refractivity contribution in [2.75, 3.05) is 23.0 Å². The lowest BCUT2D eigenvalue weighted by atomic mass is 9.93. The molecule has 2 aromatic rings. The standard InChI is InChI=1S/C21H23ClFNO5.C18H15ClFNO3/c1-2-3-6-9-28-19(25)12-29-18-11-17(16(23)10-15(18)22)24-20(26)13-7-4-5-8-14(13)21(24)27;1-3-10(2)24-16-9-15(14(20)8-13(16)19)21-17(22)11-6-4-5-7-12(11)18(21)23/h10-11H,2-9,12H2,1H3;1,8-10H,4-7H2,2H3. The molecule has 0 radical (unpaired) electrons. The maximum atomic E-state index is 14.5. The molecule has 0 spiro atoms. The fraction of sp³-hybridized carbons (Fsp3) is 0.410. The first kappa shape index (κ1) is 39.5. The van der Waals surface area contributed by atoms with Crippen molar-refractivity contribution in [1.82, 2.24) is 0 Å². The van der Waals surface area contributed by atoms with E-state index in [2.05, 4.69) is 5.92 Å². The molecule has 6 rings (SSSR count). The summed E-state index contributed by atoms with van der Waals surface area (Å²) in [5.41, 5.74) is 1.48. The molecule has 280 valence electrons. The third kappa shape index (κ3) is 8.58. The Morgan fingerprint density at radius 2 is 1.21 bits per heavy atom.